The molecule has 0 aromatic carbocycles. The second-order valence-corrected chi connectivity index (χ2v) is 3.19. The lowest BCUT2D eigenvalue weighted by Crippen LogP contribution is -2.13. The van der Waals surface area contributed by atoms with Gasteiger partial charge in [0.2, 0.25) is 0 Å². The van der Waals surface area contributed by atoms with Crippen LogP contribution in [0.5, 0.6) is 0 Å². The Kier molecular flexibility index (Phi) is 3.69. The van der Waals surface area contributed by atoms with E-state index in [9.17, 15) is 22.0 Å². The van der Waals surface area contributed by atoms with Crippen molar-refractivity contribution in [2.45, 2.75) is 19.2 Å². The molecule has 0 saturated heterocycles. The third-order valence-corrected chi connectivity index (χ3v) is 2.17. The molecule has 1 rings (SSSR count). The molecule has 1 heterocycles. The zero-order chi connectivity index (χ0) is 12.5. The first-order valence-electron chi connectivity index (χ1n) is 3.92. The number of aromatic nitrogens is 1. The maximum Gasteiger partial charge on any atom is 0.418 e. The number of nitrogens with zero attached hydrogens (tertiary/aromatic N) is 1. The molecule has 2 nitrogen and oxygen atoms in total. The molecule has 1 N–H and O–H groups in total. The van der Waals surface area contributed by atoms with E-state index in [1.807, 2.05) is 0 Å². The molecule has 1 aromatic rings. The van der Waals surface area contributed by atoms with E-state index in [0.29, 0.717) is 6.20 Å². The lowest BCUT2D eigenvalue weighted by atomic mass is 10.1. The molecule has 0 aliphatic rings. The number of rotatable bonds is 2. The van der Waals surface area contributed by atoms with Gasteiger partial charge in [-0.3, -0.25) is 4.98 Å². The lowest BCUT2D eigenvalue weighted by Gasteiger charge is -2.14. The van der Waals surface area contributed by atoms with Crippen LogP contribution in [0.4, 0.5) is 22.0 Å². The second-order valence-electron chi connectivity index (χ2n) is 2.81. The van der Waals surface area contributed by atoms with E-state index < -0.39 is 41.1 Å². The maximum absolute atomic E-state index is 12.5. The van der Waals surface area contributed by atoms with Crippen LogP contribution in [0.2, 0.25) is 5.02 Å². The molecule has 0 radical (unpaired) electrons. The van der Waals surface area contributed by atoms with E-state index in [2.05, 4.69) is 4.98 Å². The molecule has 16 heavy (non-hydrogen) atoms. The van der Waals surface area contributed by atoms with E-state index >= 15 is 0 Å². The first-order chi connectivity index (χ1) is 7.29. The molecule has 0 aliphatic heterocycles. The minimum absolute atomic E-state index is 0.538. The molecule has 8 heteroatoms. The van der Waals surface area contributed by atoms with Crippen molar-refractivity contribution in [2.24, 2.45) is 0 Å². The summed E-state index contributed by atoms with van der Waals surface area (Å²) in [6.07, 6.45) is -7.58. The zero-order valence-corrected chi connectivity index (χ0v) is 8.28. The highest BCUT2D eigenvalue weighted by molar-refractivity contribution is 6.32. The number of aliphatic hydroxyl groups excluding tert-OH is 1. The van der Waals surface area contributed by atoms with Gasteiger partial charge in [0.05, 0.1) is 17.2 Å². The largest absolute Gasteiger partial charge is 0.418 e. The smallest absolute Gasteiger partial charge is 0.392 e. The van der Waals surface area contributed by atoms with Gasteiger partial charge in [0.1, 0.15) is 5.69 Å². The van der Waals surface area contributed by atoms with Crippen molar-refractivity contribution in [1.29, 1.82) is 0 Å². The summed E-state index contributed by atoms with van der Waals surface area (Å²) in [5.74, 6) is 0. The van der Waals surface area contributed by atoms with Crippen molar-refractivity contribution < 1.29 is 27.1 Å². The standard InChI is InChI=1S/C8H5ClF5NO/c9-5-4(8(12,13)14)3(2-16)1-15-6(5)7(10)11/h1,7,16H,2H2. The molecule has 0 spiro atoms. The van der Waals surface area contributed by atoms with Crippen LogP contribution in [-0.2, 0) is 12.8 Å². The van der Waals surface area contributed by atoms with E-state index in [-0.39, 0.29) is 0 Å². The number of aliphatic hydroxyl groups is 1. The molecule has 0 saturated carbocycles. The van der Waals surface area contributed by atoms with Gasteiger partial charge in [0.25, 0.3) is 6.43 Å². The number of alkyl halides is 5. The lowest BCUT2D eigenvalue weighted by molar-refractivity contribution is -0.138. The van der Waals surface area contributed by atoms with E-state index in [1.165, 1.54) is 0 Å². The highest BCUT2D eigenvalue weighted by Crippen LogP contribution is 2.40. The van der Waals surface area contributed by atoms with E-state index in [0.717, 1.165) is 0 Å². The van der Waals surface area contributed by atoms with Crippen LogP contribution in [0.15, 0.2) is 6.20 Å². The average Bonchev–Trinajstić information content (AvgIpc) is 2.14. The summed E-state index contributed by atoms with van der Waals surface area (Å²) < 4.78 is 61.9. The van der Waals surface area contributed by atoms with Crippen molar-refractivity contribution in [1.82, 2.24) is 4.98 Å². The van der Waals surface area contributed by atoms with Crippen molar-refractivity contribution in [3.05, 3.63) is 28.0 Å². The Balaban J connectivity index is 3.47. The van der Waals surface area contributed by atoms with Crippen LogP contribution in [0.3, 0.4) is 0 Å². The third-order valence-electron chi connectivity index (χ3n) is 1.79. The topological polar surface area (TPSA) is 33.1 Å². The summed E-state index contributed by atoms with van der Waals surface area (Å²) in [7, 11) is 0. The van der Waals surface area contributed by atoms with Gasteiger partial charge < -0.3 is 5.11 Å². The summed E-state index contributed by atoms with van der Waals surface area (Å²) in [5.41, 5.74) is -3.25. The fourth-order valence-electron chi connectivity index (χ4n) is 1.12. The number of hydrogen-bond acceptors (Lipinski definition) is 2. The van der Waals surface area contributed by atoms with E-state index in [1.54, 1.807) is 0 Å². The SMILES string of the molecule is OCc1cnc(C(F)F)c(Cl)c1C(F)(F)F. The number of halogens is 6. The molecular formula is C8H5ClF5NO. The Morgan fingerprint density at radius 3 is 2.31 bits per heavy atom. The zero-order valence-electron chi connectivity index (χ0n) is 7.52. The van der Waals surface area contributed by atoms with Gasteiger partial charge in [-0.05, 0) is 0 Å². The summed E-state index contributed by atoms with van der Waals surface area (Å²) in [5, 5.41) is 7.48. The fourth-order valence-corrected chi connectivity index (χ4v) is 1.48. The van der Waals surface area contributed by atoms with Gasteiger partial charge in [-0.2, -0.15) is 13.2 Å². The Morgan fingerprint density at radius 1 is 1.38 bits per heavy atom. The quantitative estimate of drug-likeness (QED) is 0.830. The van der Waals surface area contributed by atoms with Crippen molar-refractivity contribution in [2.75, 3.05) is 0 Å². The van der Waals surface area contributed by atoms with Crippen molar-refractivity contribution in [3.63, 3.8) is 0 Å². The molecule has 1 aromatic heterocycles. The summed E-state index contributed by atoms with van der Waals surface area (Å²) >= 11 is 5.20. The van der Waals surface area contributed by atoms with Gasteiger partial charge in [0, 0.05) is 11.8 Å². The predicted molar refractivity (Wildman–Crippen MR) is 45.1 cm³/mol. The normalized spacial score (nSPS) is 12.2. The molecule has 90 valence electrons. The minimum Gasteiger partial charge on any atom is -0.392 e. The minimum atomic E-state index is -4.91. The molecule has 0 aliphatic carbocycles. The van der Waals surface area contributed by atoms with Crippen LogP contribution in [0, 0.1) is 0 Å². The summed E-state index contributed by atoms with van der Waals surface area (Å²) in [6.45, 7) is -0.981. The van der Waals surface area contributed by atoms with Crippen LogP contribution >= 0.6 is 11.6 Å². The molecule has 0 fully saturated rings. The number of pyridine rings is 1. The first kappa shape index (κ1) is 13.1. The Hall–Kier alpha value is -0.950. The van der Waals surface area contributed by atoms with Crippen LogP contribution in [0.25, 0.3) is 0 Å². The molecule has 0 amide bonds. The first-order valence-corrected chi connectivity index (χ1v) is 4.30. The van der Waals surface area contributed by atoms with Crippen molar-refractivity contribution in [3.8, 4) is 0 Å². The molecular weight excluding hydrogens is 257 g/mol. The third kappa shape index (κ3) is 2.41. The highest BCUT2D eigenvalue weighted by Gasteiger charge is 2.38. The Labute approximate surface area is 91.7 Å². The summed E-state index contributed by atoms with van der Waals surface area (Å²) in [6, 6.07) is 0. The fraction of sp³-hybridized carbons (Fsp3) is 0.375. The molecule has 0 atom stereocenters. The maximum atomic E-state index is 12.5. The van der Waals surface area contributed by atoms with Gasteiger partial charge >= 0.3 is 6.18 Å². The average molecular weight is 262 g/mol. The number of hydrogen-bond donors (Lipinski definition) is 1. The van der Waals surface area contributed by atoms with Gasteiger partial charge in [-0.25, -0.2) is 8.78 Å². The summed E-state index contributed by atoms with van der Waals surface area (Å²) in [4.78, 5) is 3.08. The van der Waals surface area contributed by atoms with Gasteiger partial charge in [0.15, 0.2) is 0 Å². The monoisotopic (exact) mass is 261 g/mol. The molecule has 0 unspecified atom stereocenters. The van der Waals surface area contributed by atoms with E-state index in [4.69, 9.17) is 16.7 Å². The van der Waals surface area contributed by atoms with Crippen LogP contribution in [0.1, 0.15) is 23.2 Å². The van der Waals surface area contributed by atoms with Crippen molar-refractivity contribution >= 4 is 11.6 Å². The highest BCUT2D eigenvalue weighted by atomic mass is 35.5. The van der Waals surface area contributed by atoms with Gasteiger partial charge in [-0.15, -0.1) is 0 Å². The van der Waals surface area contributed by atoms with Crippen LogP contribution < -0.4 is 0 Å². The Morgan fingerprint density at radius 2 is 1.94 bits per heavy atom. The Bertz CT molecular complexity index is 393. The van der Waals surface area contributed by atoms with Gasteiger partial charge in [-0.1, -0.05) is 11.6 Å². The molecule has 0 bridgehead atoms. The second kappa shape index (κ2) is 4.50. The predicted octanol–water partition coefficient (Wildman–Crippen LogP) is 3.18. The van der Waals surface area contributed by atoms with Crippen LogP contribution in [-0.4, -0.2) is 10.1 Å².